The fourth-order valence-corrected chi connectivity index (χ4v) is 2.79. The van der Waals surface area contributed by atoms with Gasteiger partial charge in [0.05, 0.1) is 11.6 Å². The molecule has 1 N–H and O–H groups in total. The number of nitrogens with one attached hydrogen (secondary N) is 1. The summed E-state index contributed by atoms with van der Waals surface area (Å²) in [5.41, 5.74) is 3.05. The van der Waals surface area contributed by atoms with Crippen molar-refractivity contribution in [2.45, 2.75) is 6.42 Å². The van der Waals surface area contributed by atoms with Crippen molar-refractivity contribution in [1.29, 1.82) is 5.26 Å². The maximum Gasteiger partial charge on any atom is 0.255 e. The Morgan fingerprint density at radius 1 is 1.03 bits per heavy atom. The van der Waals surface area contributed by atoms with Crippen molar-refractivity contribution < 1.29 is 9.59 Å². The Morgan fingerprint density at radius 3 is 2.41 bits per heavy atom. The molecular formula is C23H20N4O2. The van der Waals surface area contributed by atoms with E-state index in [0.29, 0.717) is 28.9 Å². The molecule has 0 aliphatic rings. The minimum atomic E-state index is -0.316. The molecule has 1 aromatic heterocycles. The molecule has 29 heavy (non-hydrogen) atoms. The van der Waals surface area contributed by atoms with Crippen LogP contribution in [-0.4, -0.2) is 35.3 Å². The largest absolute Gasteiger partial charge is 0.341 e. The number of amides is 2. The predicted octanol–water partition coefficient (Wildman–Crippen LogP) is 3.52. The second-order valence-corrected chi connectivity index (χ2v) is 6.56. The van der Waals surface area contributed by atoms with Crippen LogP contribution in [0.1, 0.15) is 31.8 Å². The van der Waals surface area contributed by atoms with Gasteiger partial charge in [0.25, 0.3) is 11.8 Å². The maximum absolute atomic E-state index is 12.7. The Balaban J connectivity index is 1.65. The van der Waals surface area contributed by atoms with E-state index in [0.717, 1.165) is 12.0 Å². The molecule has 6 heteroatoms. The van der Waals surface area contributed by atoms with Crippen molar-refractivity contribution in [2.75, 3.05) is 18.9 Å². The summed E-state index contributed by atoms with van der Waals surface area (Å²) in [5, 5.41) is 11.6. The number of pyridine rings is 1. The molecule has 1 heterocycles. The molecule has 0 aliphatic heterocycles. The molecular weight excluding hydrogens is 364 g/mol. The third-order valence-corrected chi connectivity index (χ3v) is 4.48. The van der Waals surface area contributed by atoms with Crippen molar-refractivity contribution in [3.63, 3.8) is 0 Å². The van der Waals surface area contributed by atoms with Crippen molar-refractivity contribution in [3.05, 3.63) is 95.3 Å². The summed E-state index contributed by atoms with van der Waals surface area (Å²) in [4.78, 5) is 30.9. The van der Waals surface area contributed by atoms with E-state index in [1.54, 1.807) is 72.9 Å². The van der Waals surface area contributed by atoms with E-state index in [1.807, 2.05) is 18.2 Å². The molecule has 0 aliphatic carbocycles. The summed E-state index contributed by atoms with van der Waals surface area (Å²) in [6, 6.07) is 19.1. The lowest BCUT2D eigenvalue weighted by molar-refractivity contribution is 0.0796. The Hall–Kier alpha value is -3.98. The number of carbonyl (C=O) groups is 2. The molecule has 0 fully saturated rings. The highest BCUT2D eigenvalue weighted by Crippen LogP contribution is 2.13. The molecule has 0 bridgehead atoms. The van der Waals surface area contributed by atoms with Gasteiger partial charge < -0.3 is 10.2 Å². The van der Waals surface area contributed by atoms with Crippen LogP contribution < -0.4 is 5.32 Å². The molecule has 3 rings (SSSR count). The van der Waals surface area contributed by atoms with Gasteiger partial charge in [0.15, 0.2) is 0 Å². The van der Waals surface area contributed by atoms with Gasteiger partial charge in [-0.1, -0.05) is 6.07 Å². The number of hydrogen-bond acceptors (Lipinski definition) is 4. The van der Waals surface area contributed by atoms with Crippen LogP contribution in [0, 0.1) is 11.3 Å². The van der Waals surface area contributed by atoms with Crippen LogP contribution in [0.3, 0.4) is 0 Å². The van der Waals surface area contributed by atoms with Crippen LogP contribution in [0.2, 0.25) is 0 Å². The maximum atomic E-state index is 12.7. The topological polar surface area (TPSA) is 86.1 Å². The van der Waals surface area contributed by atoms with E-state index in [2.05, 4.69) is 10.3 Å². The first kappa shape index (κ1) is 19.8. The predicted molar refractivity (Wildman–Crippen MR) is 110 cm³/mol. The molecule has 2 aromatic carbocycles. The van der Waals surface area contributed by atoms with Crippen LogP contribution in [0.5, 0.6) is 0 Å². The minimum Gasteiger partial charge on any atom is -0.341 e. The van der Waals surface area contributed by atoms with Crippen molar-refractivity contribution in [1.82, 2.24) is 9.88 Å². The van der Waals surface area contributed by atoms with E-state index in [9.17, 15) is 9.59 Å². The second-order valence-electron chi connectivity index (χ2n) is 6.56. The number of anilines is 1. The number of likely N-dealkylation sites (N-methyl/N-ethyl adjacent to an activating group) is 1. The number of nitriles is 1. The number of benzene rings is 2. The zero-order valence-electron chi connectivity index (χ0n) is 16.0. The fourth-order valence-electron chi connectivity index (χ4n) is 2.79. The standard InChI is InChI=1S/C23H20N4O2/c1-27(14-11-17-9-12-25-13-10-17)23(29)20-4-2-3-19(15-20)22(28)26-21-7-5-18(16-24)6-8-21/h2-10,12-13,15H,11,14H2,1H3,(H,26,28). The summed E-state index contributed by atoms with van der Waals surface area (Å²) >= 11 is 0. The minimum absolute atomic E-state index is 0.146. The number of rotatable bonds is 6. The van der Waals surface area contributed by atoms with E-state index in [1.165, 1.54) is 0 Å². The van der Waals surface area contributed by atoms with Crippen molar-refractivity contribution in [2.24, 2.45) is 0 Å². The van der Waals surface area contributed by atoms with Crippen LogP contribution in [0.4, 0.5) is 5.69 Å². The third-order valence-electron chi connectivity index (χ3n) is 4.48. The summed E-state index contributed by atoms with van der Waals surface area (Å²) in [5.74, 6) is -0.462. The number of carbonyl (C=O) groups excluding carboxylic acids is 2. The van der Waals surface area contributed by atoms with Gasteiger partial charge in [-0.2, -0.15) is 5.26 Å². The lowest BCUT2D eigenvalue weighted by atomic mass is 10.1. The summed E-state index contributed by atoms with van der Waals surface area (Å²) in [6.45, 7) is 0.560. The summed E-state index contributed by atoms with van der Waals surface area (Å²) in [6.07, 6.45) is 4.18. The van der Waals surface area contributed by atoms with E-state index in [4.69, 9.17) is 5.26 Å². The summed E-state index contributed by atoms with van der Waals surface area (Å²) < 4.78 is 0. The molecule has 144 valence electrons. The smallest absolute Gasteiger partial charge is 0.255 e. The molecule has 6 nitrogen and oxygen atoms in total. The molecule has 0 saturated heterocycles. The first-order valence-electron chi connectivity index (χ1n) is 9.13. The van der Waals surface area contributed by atoms with Gasteiger partial charge >= 0.3 is 0 Å². The Kier molecular flexibility index (Phi) is 6.33. The highest BCUT2D eigenvalue weighted by atomic mass is 16.2. The fraction of sp³-hybridized carbons (Fsp3) is 0.130. The van der Waals surface area contributed by atoms with Gasteiger partial charge in [-0.15, -0.1) is 0 Å². The quantitative estimate of drug-likeness (QED) is 0.704. The van der Waals surface area contributed by atoms with E-state index in [-0.39, 0.29) is 11.8 Å². The molecule has 0 unspecified atom stereocenters. The van der Waals surface area contributed by atoms with Gasteiger partial charge in [-0.3, -0.25) is 14.6 Å². The molecule has 3 aromatic rings. The monoisotopic (exact) mass is 384 g/mol. The molecule has 0 radical (unpaired) electrons. The number of hydrogen-bond donors (Lipinski definition) is 1. The number of nitrogens with zero attached hydrogens (tertiary/aromatic N) is 3. The van der Waals surface area contributed by atoms with E-state index >= 15 is 0 Å². The van der Waals surface area contributed by atoms with Gasteiger partial charge in [-0.05, 0) is 66.6 Å². The third kappa shape index (κ3) is 5.27. The van der Waals surface area contributed by atoms with Gasteiger partial charge in [0.2, 0.25) is 0 Å². The van der Waals surface area contributed by atoms with Crippen LogP contribution in [0.25, 0.3) is 0 Å². The molecule has 0 saturated carbocycles. The second kappa shape index (κ2) is 9.29. The average molecular weight is 384 g/mol. The Bertz CT molecular complexity index is 1040. The van der Waals surface area contributed by atoms with Gasteiger partial charge in [-0.25, -0.2) is 0 Å². The van der Waals surface area contributed by atoms with E-state index < -0.39 is 0 Å². The first-order chi connectivity index (χ1) is 14.1. The lowest BCUT2D eigenvalue weighted by Crippen LogP contribution is -2.29. The SMILES string of the molecule is CN(CCc1ccncc1)C(=O)c1cccc(C(=O)Nc2ccc(C#N)cc2)c1. The molecule has 2 amide bonds. The zero-order valence-corrected chi connectivity index (χ0v) is 16.0. The molecule has 0 spiro atoms. The highest BCUT2D eigenvalue weighted by Gasteiger charge is 2.14. The number of aromatic nitrogens is 1. The van der Waals surface area contributed by atoms with Crippen molar-refractivity contribution >= 4 is 17.5 Å². The molecule has 0 atom stereocenters. The van der Waals surface area contributed by atoms with Crippen LogP contribution >= 0.6 is 0 Å². The normalized spacial score (nSPS) is 10.1. The van der Waals surface area contributed by atoms with Gasteiger partial charge in [0.1, 0.15) is 0 Å². The average Bonchev–Trinajstić information content (AvgIpc) is 2.78. The lowest BCUT2D eigenvalue weighted by Gasteiger charge is -2.17. The van der Waals surface area contributed by atoms with Gasteiger partial charge in [0, 0.05) is 42.8 Å². The first-order valence-corrected chi connectivity index (χ1v) is 9.13. The Morgan fingerprint density at radius 2 is 1.72 bits per heavy atom. The summed E-state index contributed by atoms with van der Waals surface area (Å²) in [7, 11) is 1.74. The van der Waals surface area contributed by atoms with Crippen LogP contribution in [-0.2, 0) is 6.42 Å². The highest BCUT2D eigenvalue weighted by molar-refractivity contribution is 6.06. The van der Waals surface area contributed by atoms with Crippen LogP contribution in [0.15, 0.2) is 73.1 Å². The van der Waals surface area contributed by atoms with Crippen molar-refractivity contribution in [3.8, 4) is 6.07 Å². The Labute approximate surface area is 169 Å². The zero-order chi connectivity index (χ0) is 20.6.